The van der Waals surface area contributed by atoms with E-state index in [9.17, 15) is 18.4 Å². The van der Waals surface area contributed by atoms with Gasteiger partial charge in [0.15, 0.2) is 0 Å². The van der Waals surface area contributed by atoms with Crippen LogP contribution in [0.4, 0.5) is 14.5 Å². The summed E-state index contributed by atoms with van der Waals surface area (Å²) in [6.07, 6.45) is -1.36. The fraction of sp³-hybridized carbons (Fsp3) is 0.130. The lowest BCUT2D eigenvalue weighted by Gasteiger charge is -2.19. The molecule has 0 aromatic heterocycles. The number of hydrogen-bond acceptors (Lipinski definition) is 4. The van der Waals surface area contributed by atoms with Gasteiger partial charge in [0.05, 0.1) is 17.9 Å². The van der Waals surface area contributed by atoms with Gasteiger partial charge in [-0.2, -0.15) is 0 Å². The molecule has 3 rings (SSSR count). The number of benzene rings is 3. The normalized spacial score (nSPS) is 11.4. The average Bonchev–Trinajstić information content (AvgIpc) is 2.74. The first-order valence-electron chi connectivity index (χ1n) is 9.23. The van der Waals surface area contributed by atoms with E-state index in [0.717, 1.165) is 12.1 Å². The van der Waals surface area contributed by atoms with Crippen LogP contribution in [0.2, 0.25) is 0 Å². The molecule has 154 valence electrons. The zero-order valence-corrected chi connectivity index (χ0v) is 16.1. The summed E-state index contributed by atoms with van der Waals surface area (Å²) >= 11 is 0. The van der Waals surface area contributed by atoms with Crippen LogP contribution in [0.25, 0.3) is 0 Å². The second kappa shape index (κ2) is 9.65. The van der Waals surface area contributed by atoms with Gasteiger partial charge in [-0.25, -0.2) is 13.6 Å². The molecule has 0 bridgehead atoms. The summed E-state index contributed by atoms with van der Waals surface area (Å²) in [7, 11) is 0. The summed E-state index contributed by atoms with van der Waals surface area (Å²) in [5.74, 6) is -3.18. The number of carbonyl (C=O) groups excluding carboxylic acids is 2. The number of carbonyl (C=O) groups is 2. The molecule has 0 saturated heterocycles. The second-order valence-electron chi connectivity index (χ2n) is 6.24. The second-order valence-corrected chi connectivity index (χ2v) is 6.24. The molecular weight excluding hydrogens is 392 g/mol. The van der Waals surface area contributed by atoms with Gasteiger partial charge in [0.1, 0.15) is 17.4 Å². The maximum atomic E-state index is 14.0. The Morgan fingerprint density at radius 1 is 0.967 bits per heavy atom. The van der Waals surface area contributed by atoms with Gasteiger partial charge in [-0.05, 0) is 31.2 Å². The van der Waals surface area contributed by atoms with Crippen molar-refractivity contribution in [3.63, 3.8) is 0 Å². The number of halogens is 2. The Labute approximate surface area is 172 Å². The van der Waals surface area contributed by atoms with E-state index in [1.165, 1.54) is 0 Å². The summed E-state index contributed by atoms with van der Waals surface area (Å²) < 4.78 is 37.9. The van der Waals surface area contributed by atoms with Gasteiger partial charge in [0.2, 0.25) is 6.10 Å². The molecular formula is C23H19F2NO4. The van der Waals surface area contributed by atoms with Gasteiger partial charge in [-0.3, -0.25) is 4.79 Å². The third kappa shape index (κ3) is 5.00. The van der Waals surface area contributed by atoms with Crippen LogP contribution >= 0.6 is 0 Å². The summed E-state index contributed by atoms with van der Waals surface area (Å²) in [6.45, 7) is 2.21. The van der Waals surface area contributed by atoms with Crippen molar-refractivity contribution in [2.24, 2.45) is 0 Å². The van der Waals surface area contributed by atoms with Crippen LogP contribution in [0.15, 0.2) is 72.8 Å². The Bertz CT molecular complexity index is 1040. The lowest BCUT2D eigenvalue weighted by Crippen LogP contribution is -2.26. The molecule has 1 N–H and O–H groups in total. The number of nitrogens with one attached hydrogen (secondary N) is 1. The van der Waals surface area contributed by atoms with Crippen molar-refractivity contribution in [1.29, 1.82) is 0 Å². The summed E-state index contributed by atoms with van der Waals surface area (Å²) in [6, 6.07) is 17.6. The molecule has 3 aromatic rings. The summed E-state index contributed by atoms with van der Waals surface area (Å²) in [5.41, 5.74) is 0.314. The van der Waals surface area contributed by atoms with Gasteiger partial charge < -0.3 is 14.8 Å². The summed E-state index contributed by atoms with van der Waals surface area (Å²) in [5, 5.41) is 2.68. The van der Waals surface area contributed by atoms with Crippen LogP contribution in [0.1, 0.15) is 28.9 Å². The number of hydrogen-bond donors (Lipinski definition) is 1. The van der Waals surface area contributed by atoms with Crippen LogP contribution in [0.3, 0.4) is 0 Å². The predicted molar refractivity (Wildman–Crippen MR) is 107 cm³/mol. The number of amides is 1. The highest BCUT2D eigenvalue weighted by Crippen LogP contribution is 2.27. The van der Waals surface area contributed by atoms with E-state index >= 15 is 0 Å². The Kier molecular flexibility index (Phi) is 6.75. The minimum atomic E-state index is -1.36. The minimum Gasteiger partial charge on any atom is -0.492 e. The third-order valence-electron chi connectivity index (χ3n) is 4.16. The van der Waals surface area contributed by atoms with E-state index in [4.69, 9.17) is 9.47 Å². The molecule has 1 atom stereocenters. The molecule has 0 aliphatic carbocycles. The molecule has 0 fully saturated rings. The minimum absolute atomic E-state index is 0.389. The number of para-hydroxylation sites is 2. The predicted octanol–water partition coefficient (Wildman–Crippen LogP) is 4.90. The maximum absolute atomic E-state index is 14.0. The average molecular weight is 411 g/mol. The van der Waals surface area contributed by atoms with Crippen molar-refractivity contribution in [3.05, 3.63) is 95.6 Å². The molecule has 3 aromatic carbocycles. The molecule has 0 radical (unpaired) electrons. The van der Waals surface area contributed by atoms with Gasteiger partial charge in [0, 0.05) is 11.6 Å². The molecule has 0 saturated carbocycles. The number of anilines is 1. The Hall–Kier alpha value is -3.74. The van der Waals surface area contributed by atoms with Crippen LogP contribution in [0.5, 0.6) is 5.75 Å². The topological polar surface area (TPSA) is 64.6 Å². The van der Waals surface area contributed by atoms with Crippen molar-refractivity contribution in [1.82, 2.24) is 0 Å². The standard InChI is InChI=1S/C23H19F2NO4/c1-2-29-20-11-7-6-10-19(20)26-22(27)21(15-8-4-3-5-9-15)30-23(28)17-13-12-16(24)14-18(17)25/h3-14,21H,2H2,1H3,(H,26,27). The van der Waals surface area contributed by atoms with Crippen LogP contribution in [-0.4, -0.2) is 18.5 Å². The highest BCUT2D eigenvalue weighted by atomic mass is 19.1. The Balaban J connectivity index is 1.88. The van der Waals surface area contributed by atoms with E-state index in [1.54, 1.807) is 54.6 Å². The van der Waals surface area contributed by atoms with Crippen molar-refractivity contribution < 1.29 is 27.8 Å². The maximum Gasteiger partial charge on any atom is 0.342 e. The van der Waals surface area contributed by atoms with E-state index in [-0.39, 0.29) is 0 Å². The molecule has 30 heavy (non-hydrogen) atoms. The number of esters is 1. The zero-order valence-electron chi connectivity index (χ0n) is 16.1. The molecule has 0 heterocycles. The van der Waals surface area contributed by atoms with E-state index in [1.807, 2.05) is 6.92 Å². The summed E-state index contributed by atoms with van der Waals surface area (Å²) in [4.78, 5) is 25.5. The van der Waals surface area contributed by atoms with Crippen molar-refractivity contribution in [2.75, 3.05) is 11.9 Å². The molecule has 0 spiro atoms. The molecule has 0 aliphatic rings. The molecule has 1 amide bonds. The smallest absolute Gasteiger partial charge is 0.342 e. The van der Waals surface area contributed by atoms with E-state index < -0.39 is 35.2 Å². The van der Waals surface area contributed by atoms with Crippen LogP contribution in [-0.2, 0) is 9.53 Å². The van der Waals surface area contributed by atoms with Gasteiger partial charge in [-0.15, -0.1) is 0 Å². The monoisotopic (exact) mass is 411 g/mol. The zero-order chi connectivity index (χ0) is 21.5. The van der Waals surface area contributed by atoms with E-state index in [0.29, 0.717) is 29.7 Å². The van der Waals surface area contributed by atoms with Crippen LogP contribution in [0, 0.1) is 11.6 Å². The van der Waals surface area contributed by atoms with E-state index in [2.05, 4.69) is 5.32 Å². The first-order valence-corrected chi connectivity index (χ1v) is 9.23. The highest BCUT2D eigenvalue weighted by molar-refractivity contribution is 5.99. The third-order valence-corrected chi connectivity index (χ3v) is 4.16. The molecule has 0 aliphatic heterocycles. The highest BCUT2D eigenvalue weighted by Gasteiger charge is 2.27. The van der Waals surface area contributed by atoms with Crippen molar-refractivity contribution in [3.8, 4) is 5.75 Å². The fourth-order valence-corrected chi connectivity index (χ4v) is 2.78. The first-order chi connectivity index (χ1) is 14.5. The van der Waals surface area contributed by atoms with Crippen molar-refractivity contribution in [2.45, 2.75) is 13.0 Å². The molecule has 7 heteroatoms. The van der Waals surface area contributed by atoms with Gasteiger partial charge >= 0.3 is 5.97 Å². The van der Waals surface area contributed by atoms with Gasteiger partial charge in [-0.1, -0.05) is 42.5 Å². The van der Waals surface area contributed by atoms with Gasteiger partial charge in [0.25, 0.3) is 5.91 Å². The number of rotatable bonds is 7. The van der Waals surface area contributed by atoms with Crippen molar-refractivity contribution >= 4 is 17.6 Å². The molecule has 5 nitrogen and oxygen atoms in total. The Morgan fingerprint density at radius 2 is 1.67 bits per heavy atom. The van der Waals surface area contributed by atoms with Crippen LogP contribution < -0.4 is 10.1 Å². The SMILES string of the molecule is CCOc1ccccc1NC(=O)C(OC(=O)c1ccc(F)cc1F)c1ccccc1. The first kappa shape index (κ1) is 21.0. The molecule has 1 unspecified atom stereocenters. The largest absolute Gasteiger partial charge is 0.492 e. The lowest BCUT2D eigenvalue weighted by atomic mass is 10.1. The fourth-order valence-electron chi connectivity index (χ4n) is 2.78. The quantitative estimate of drug-likeness (QED) is 0.562. The number of ether oxygens (including phenoxy) is 2. The lowest BCUT2D eigenvalue weighted by molar-refractivity contribution is -0.125. The Morgan fingerprint density at radius 3 is 2.37 bits per heavy atom.